The van der Waals surface area contributed by atoms with Crippen molar-refractivity contribution in [1.82, 2.24) is 9.88 Å². The van der Waals surface area contributed by atoms with Crippen molar-refractivity contribution in [3.05, 3.63) is 45.4 Å². The zero-order chi connectivity index (χ0) is 26.5. The lowest BCUT2D eigenvalue weighted by Crippen LogP contribution is -2.29. The largest absolute Gasteiger partial charge is 0.465 e. The second-order valence-electron chi connectivity index (χ2n) is 9.13. The molecule has 3 amide bonds. The van der Waals surface area contributed by atoms with Crippen molar-refractivity contribution in [2.24, 2.45) is 0 Å². The first-order chi connectivity index (χ1) is 17.6. The number of aryl methyl sites for hydroxylation is 1. The molecule has 1 fully saturated rings. The van der Waals surface area contributed by atoms with Crippen molar-refractivity contribution in [3.63, 3.8) is 0 Å². The third-order valence-electron chi connectivity index (χ3n) is 6.65. The smallest absolute Gasteiger partial charge is 0.411 e. The summed E-state index contributed by atoms with van der Waals surface area (Å²) in [5.41, 5.74) is 3.11. The van der Waals surface area contributed by atoms with E-state index in [-0.39, 0.29) is 47.7 Å². The Morgan fingerprint density at radius 2 is 1.84 bits per heavy atom. The number of imide groups is 1. The normalized spacial score (nSPS) is 16.9. The molecule has 2 aliphatic heterocycles. The highest BCUT2D eigenvalue weighted by Gasteiger charge is 2.33. The lowest BCUT2D eigenvalue weighted by Gasteiger charge is -2.20. The van der Waals surface area contributed by atoms with E-state index >= 15 is 0 Å². The molecule has 37 heavy (non-hydrogen) atoms. The van der Waals surface area contributed by atoms with E-state index in [1.807, 2.05) is 6.92 Å². The number of hydrogen-bond donors (Lipinski definition) is 1. The van der Waals surface area contributed by atoms with E-state index in [0.29, 0.717) is 51.6 Å². The number of nitrogens with zero attached hydrogens (tertiary/aromatic N) is 3. The Labute approximate surface area is 222 Å². The van der Waals surface area contributed by atoms with Gasteiger partial charge in [0, 0.05) is 40.9 Å². The minimum Gasteiger partial charge on any atom is -0.465 e. The van der Waals surface area contributed by atoms with Crippen LogP contribution >= 0.6 is 22.9 Å². The van der Waals surface area contributed by atoms with E-state index in [4.69, 9.17) is 16.6 Å². The van der Waals surface area contributed by atoms with Gasteiger partial charge in [0.15, 0.2) is 9.84 Å². The van der Waals surface area contributed by atoms with Gasteiger partial charge in [0.2, 0.25) is 11.8 Å². The number of thiophene rings is 1. The van der Waals surface area contributed by atoms with Crippen molar-refractivity contribution >= 4 is 66.6 Å². The standard InChI is InChI=1S/C25H24ClN3O6S2/c1-2-10-28(25(32)33)15-5-3-14(4-6-15)21-22-16-9-11-37(34,35)13-18(16)36-24(22)27-17(23(21)26)12-29-19(30)7-8-20(29)31/h3-6H,2,7-13H2,1H3,(H,32,33). The van der Waals surface area contributed by atoms with Gasteiger partial charge in [0.05, 0.1) is 28.8 Å². The van der Waals surface area contributed by atoms with Gasteiger partial charge < -0.3 is 5.11 Å². The predicted molar refractivity (Wildman–Crippen MR) is 142 cm³/mol. The molecule has 9 nitrogen and oxygen atoms in total. The lowest BCUT2D eigenvalue weighted by atomic mass is 9.97. The van der Waals surface area contributed by atoms with Gasteiger partial charge >= 0.3 is 6.09 Å². The summed E-state index contributed by atoms with van der Waals surface area (Å²) in [5.74, 6) is -0.599. The van der Waals surface area contributed by atoms with Crippen LogP contribution in [0.2, 0.25) is 5.02 Å². The molecule has 3 aromatic rings. The average Bonchev–Trinajstić information content (AvgIpc) is 3.35. The number of aromatic nitrogens is 1. The second-order valence-corrected chi connectivity index (χ2v) is 12.8. The number of halogens is 1. The Balaban J connectivity index is 1.67. The van der Waals surface area contributed by atoms with Gasteiger partial charge in [0.1, 0.15) is 4.83 Å². The maximum absolute atomic E-state index is 12.3. The lowest BCUT2D eigenvalue weighted by molar-refractivity contribution is -0.139. The number of carbonyl (C=O) groups excluding carboxylic acids is 2. The summed E-state index contributed by atoms with van der Waals surface area (Å²) in [6.45, 7) is 2.18. The molecule has 0 atom stereocenters. The third kappa shape index (κ3) is 4.71. The van der Waals surface area contributed by atoms with Crippen molar-refractivity contribution in [2.45, 2.75) is 44.9 Å². The van der Waals surface area contributed by atoms with Crippen molar-refractivity contribution in [2.75, 3.05) is 17.2 Å². The number of fused-ring (bicyclic) bond motifs is 3. The van der Waals surface area contributed by atoms with Gasteiger partial charge in [-0.25, -0.2) is 18.2 Å². The molecule has 4 heterocycles. The van der Waals surface area contributed by atoms with E-state index in [2.05, 4.69) is 0 Å². The molecule has 12 heteroatoms. The molecule has 1 N–H and O–H groups in total. The van der Waals surface area contributed by atoms with Gasteiger partial charge in [-0.1, -0.05) is 30.7 Å². The fourth-order valence-corrected chi connectivity index (χ4v) is 8.22. The number of likely N-dealkylation sites (tertiary alicyclic amines) is 1. The second kappa shape index (κ2) is 9.70. The molecule has 0 saturated carbocycles. The minimum absolute atomic E-state index is 0.0327. The molecule has 0 radical (unpaired) electrons. The molecule has 0 aliphatic carbocycles. The molecular formula is C25H24ClN3O6S2. The highest BCUT2D eigenvalue weighted by atomic mass is 35.5. The third-order valence-corrected chi connectivity index (χ3v) is 9.92. The monoisotopic (exact) mass is 561 g/mol. The topological polar surface area (TPSA) is 125 Å². The van der Waals surface area contributed by atoms with Crippen LogP contribution in [0.5, 0.6) is 0 Å². The highest BCUT2D eigenvalue weighted by Crippen LogP contribution is 2.45. The molecular weight excluding hydrogens is 538 g/mol. The van der Waals surface area contributed by atoms with E-state index < -0.39 is 15.9 Å². The number of carbonyl (C=O) groups is 3. The Morgan fingerprint density at radius 1 is 1.16 bits per heavy atom. The van der Waals surface area contributed by atoms with Crippen LogP contribution in [0.1, 0.15) is 42.3 Å². The van der Waals surface area contributed by atoms with E-state index in [1.165, 1.54) is 16.2 Å². The minimum atomic E-state index is -3.21. The maximum Gasteiger partial charge on any atom is 0.411 e. The molecule has 0 unspecified atom stereocenters. The van der Waals surface area contributed by atoms with E-state index in [0.717, 1.165) is 15.8 Å². The van der Waals surface area contributed by atoms with Gasteiger partial charge in [-0.05, 0) is 36.1 Å². The van der Waals surface area contributed by atoms with Crippen molar-refractivity contribution in [1.29, 1.82) is 0 Å². The van der Waals surface area contributed by atoms with Gasteiger partial charge in [-0.15, -0.1) is 11.3 Å². The number of pyridine rings is 1. The zero-order valence-corrected chi connectivity index (χ0v) is 22.4. The molecule has 2 aliphatic rings. The van der Waals surface area contributed by atoms with Gasteiger partial charge in [0.25, 0.3) is 0 Å². The molecule has 1 aromatic carbocycles. The summed E-state index contributed by atoms with van der Waals surface area (Å²) in [6, 6.07) is 6.97. The summed E-state index contributed by atoms with van der Waals surface area (Å²) in [5, 5.41) is 10.6. The number of rotatable bonds is 6. The quantitative estimate of drug-likeness (QED) is 0.435. The SMILES string of the molecule is CCCN(C(=O)O)c1ccc(-c2c(Cl)c(CN3C(=O)CCC3=O)nc3sc4c(c23)CCS(=O)(=O)C4)cc1. The number of amides is 3. The zero-order valence-electron chi connectivity index (χ0n) is 20.0. The number of carboxylic acid groups (broad SMARTS) is 1. The van der Waals surface area contributed by atoms with Crippen LogP contribution < -0.4 is 4.90 Å². The van der Waals surface area contributed by atoms with E-state index in [1.54, 1.807) is 24.3 Å². The molecule has 194 valence electrons. The Hall–Kier alpha value is -3.02. The highest BCUT2D eigenvalue weighted by molar-refractivity contribution is 7.90. The fourth-order valence-electron chi connectivity index (χ4n) is 4.86. The number of benzene rings is 1. The number of hydrogen-bond acceptors (Lipinski definition) is 7. The maximum atomic E-state index is 12.3. The number of sulfone groups is 1. The molecule has 1 saturated heterocycles. The number of anilines is 1. The van der Waals surface area contributed by atoms with Crippen LogP contribution in [0.3, 0.4) is 0 Å². The van der Waals surface area contributed by atoms with E-state index in [9.17, 15) is 27.9 Å². The first-order valence-corrected chi connectivity index (χ1v) is 14.9. The summed E-state index contributed by atoms with van der Waals surface area (Å²) in [4.78, 5) is 44.7. The van der Waals surface area contributed by atoms with Gasteiger partial charge in [-0.2, -0.15) is 0 Å². The molecule has 2 aromatic heterocycles. The van der Waals surface area contributed by atoms with Crippen LogP contribution in [0.25, 0.3) is 21.3 Å². The first-order valence-electron chi connectivity index (χ1n) is 11.9. The Kier molecular flexibility index (Phi) is 6.71. The summed E-state index contributed by atoms with van der Waals surface area (Å²) in [7, 11) is -3.21. The Bertz CT molecular complexity index is 1530. The van der Waals surface area contributed by atoms with Crippen LogP contribution in [-0.2, 0) is 38.1 Å². The summed E-state index contributed by atoms with van der Waals surface area (Å²) in [6.07, 6.45) is 0.249. The summed E-state index contributed by atoms with van der Waals surface area (Å²) < 4.78 is 24.6. The van der Waals surface area contributed by atoms with Crippen LogP contribution in [0.4, 0.5) is 10.5 Å². The van der Waals surface area contributed by atoms with Crippen LogP contribution in [0, 0.1) is 0 Å². The average molecular weight is 562 g/mol. The van der Waals surface area contributed by atoms with Crippen molar-refractivity contribution in [3.8, 4) is 11.1 Å². The first kappa shape index (κ1) is 25.6. The predicted octanol–water partition coefficient (Wildman–Crippen LogP) is 4.63. The van der Waals surface area contributed by atoms with Gasteiger partial charge in [-0.3, -0.25) is 19.4 Å². The molecule has 0 spiro atoms. The van der Waals surface area contributed by atoms with Crippen molar-refractivity contribution < 1.29 is 27.9 Å². The molecule has 0 bridgehead atoms. The molecule has 5 rings (SSSR count). The Morgan fingerprint density at radius 3 is 2.46 bits per heavy atom. The van der Waals surface area contributed by atoms with Crippen LogP contribution in [0.15, 0.2) is 24.3 Å². The summed E-state index contributed by atoms with van der Waals surface area (Å²) >= 11 is 8.21. The van der Waals surface area contributed by atoms with Crippen LogP contribution in [-0.4, -0.2) is 53.6 Å². The fraction of sp³-hybridized carbons (Fsp3) is 0.360.